The Balaban J connectivity index is 1.60. The van der Waals surface area contributed by atoms with Gasteiger partial charge in [0, 0.05) is 18.3 Å². The SMILES string of the molecule is COc1ccc(NCC2CCCNC2)cc1OC1CCCC1. The number of anilines is 1. The molecule has 4 nitrogen and oxygen atoms in total. The summed E-state index contributed by atoms with van der Waals surface area (Å²) < 4.78 is 11.6. The first kappa shape index (κ1) is 15.5. The summed E-state index contributed by atoms with van der Waals surface area (Å²) in [4.78, 5) is 0. The Labute approximate surface area is 133 Å². The molecule has 2 fully saturated rings. The molecular weight excluding hydrogens is 276 g/mol. The molecule has 1 atom stereocenters. The van der Waals surface area contributed by atoms with Crippen molar-refractivity contribution in [2.75, 3.05) is 32.1 Å². The highest BCUT2D eigenvalue weighted by Crippen LogP contribution is 2.34. The van der Waals surface area contributed by atoms with Gasteiger partial charge in [-0.25, -0.2) is 0 Å². The minimum atomic E-state index is 0.353. The summed E-state index contributed by atoms with van der Waals surface area (Å²) in [6.45, 7) is 3.30. The van der Waals surface area contributed by atoms with E-state index in [-0.39, 0.29) is 0 Å². The van der Waals surface area contributed by atoms with Crippen molar-refractivity contribution in [3.05, 3.63) is 18.2 Å². The molecule has 1 aliphatic carbocycles. The Hall–Kier alpha value is -1.42. The summed E-state index contributed by atoms with van der Waals surface area (Å²) in [7, 11) is 1.71. The van der Waals surface area contributed by atoms with Crippen molar-refractivity contribution in [1.29, 1.82) is 0 Å². The van der Waals surface area contributed by atoms with Crippen LogP contribution < -0.4 is 20.1 Å². The van der Waals surface area contributed by atoms with Gasteiger partial charge in [-0.2, -0.15) is 0 Å². The molecule has 2 aliphatic rings. The van der Waals surface area contributed by atoms with E-state index in [0.29, 0.717) is 6.10 Å². The zero-order valence-electron chi connectivity index (χ0n) is 13.6. The van der Waals surface area contributed by atoms with E-state index in [4.69, 9.17) is 9.47 Å². The fraction of sp³-hybridized carbons (Fsp3) is 0.667. The predicted molar refractivity (Wildman–Crippen MR) is 90.0 cm³/mol. The molecular formula is C18H28N2O2. The van der Waals surface area contributed by atoms with Gasteiger partial charge in [-0.05, 0) is 69.7 Å². The second kappa shape index (κ2) is 7.73. The van der Waals surface area contributed by atoms with Crippen molar-refractivity contribution < 1.29 is 9.47 Å². The first-order valence-corrected chi connectivity index (χ1v) is 8.64. The Kier molecular flexibility index (Phi) is 5.43. The van der Waals surface area contributed by atoms with Crippen LogP contribution in [0.25, 0.3) is 0 Å². The Morgan fingerprint density at radius 3 is 2.73 bits per heavy atom. The van der Waals surface area contributed by atoms with Gasteiger partial charge in [0.15, 0.2) is 11.5 Å². The molecule has 4 heteroatoms. The maximum Gasteiger partial charge on any atom is 0.163 e. The van der Waals surface area contributed by atoms with Crippen LogP contribution in [0.15, 0.2) is 18.2 Å². The lowest BCUT2D eigenvalue weighted by molar-refractivity contribution is 0.201. The molecule has 1 aromatic carbocycles. The van der Waals surface area contributed by atoms with E-state index < -0.39 is 0 Å². The van der Waals surface area contributed by atoms with Crippen LogP contribution in [0.1, 0.15) is 38.5 Å². The van der Waals surface area contributed by atoms with Crippen LogP contribution in [0.2, 0.25) is 0 Å². The molecule has 0 spiro atoms. The fourth-order valence-electron chi connectivity index (χ4n) is 3.42. The molecule has 2 N–H and O–H groups in total. The van der Waals surface area contributed by atoms with Crippen molar-refractivity contribution >= 4 is 5.69 Å². The molecule has 1 heterocycles. The van der Waals surface area contributed by atoms with Crippen LogP contribution in [0.5, 0.6) is 11.5 Å². The summed E-state index contributed by atoms with van der Waals surface area (Å²) in [5.74, 6) is 2.42. The standard InChI is InChI=1S/C18H28N2O2/c1-21-17-9-8-15(20-13-14-5-4-10-19-12-14)11-18(17)22-16-6-2-3-7-16/h8-9,11,14,16,19-20H,2-7,10,12-13H2,1H3. The van der Waals surface area contributed by atoms with E-state index in [1.54, 1.807) is 7.11 Å². The van der Waals surface area contributed by atoms with E-state index in [2.05, 4.69) is 22.8 Å². The molecule has 1 saturated heterocycles. The summed E-state index contributed by atoms with van der Waals surface area (Å²) in [6, 6.07) is 6.18. The molecule has 0 amide bonds. The predicted octanol–water partition coefficient (Wildman–Crippen LogP) is 3.43. The molecule has 122 valence electrons. The van der Waals surface area contributed by atoms with E-state index >= 15 is 0 Å². The second-order valence-corrected chi connectivity index (χ2v) is 6.48. The third-order valence-electron chi connectivity index (χ3n) is 4.75. The van der Waals surface area contributed by atoms with E-state index in [9.17, 15) is 0 Å². The van der Waals surface area contributed by atoms with Crippen molar-refractivity contribution in [1.82, 2.24) is 5.32 Å². The van der Waals surface area contributed by atoms with Crippen LogP contribution in [0, 0.1) is 5.92 Å². The van der Waals surface area contributed by atoms with E-state index in [0.717, 1.165) is 49.0 Å². The number of ether oxygens (including phenoxy) is 2. The van der Waals surface area contributed by atoms with Crippen LogP contribution in [-0.4, -0.2) is 32.8 Å². The largest absolute Gasteiger partial charge is 0.493 e. The molecule has 1 unspecified atom stereocenters. The number of hydrogen-bond acceptors (Lipinski definition) is 4. The minimum absolute atomic E-state index is 0.353. The summed E-state index contributed by atoms with van der Waals surface area (Å²) in [5, 5.41) is 7.02. The summed E-state index contributed by atoms with van der Waals surface area (Å²) in [5.41, 5.74) is 1.12. The van der Waals surface area contributed by atoms with Crippen molar-refractivity contribution in [3.63, 3.8) is 0 Å². The average molecular weight is 304 g/mol. The number of methoxy groups -OCH3 is 1. The first-order chi connectivity index (χ1) is 10.8. The van der Waals surface area contributed by atoms with E-state index in [1.165, 1.54) is 32.2 Å². The topological polar surface area (TPSA) is 42.5 Å². The Bertz CT molecular complexity index is 466. The fourth-order valence-corrected chi connectivity index (χ4v) is 3.42. The maximum atomic E-state index is 6.15. The van der Waals surface area contributed by atoms with Crippen molar-refractivity contribution in [3.8, 4) is 11.5 Å². The molecule has 1 saturated carbocycles. The monoisotopic (exact) mass is 304 g/mol. The zero-order valence-corrected chi connectivity index (χ0v) is 13.6. The smallest absolute Gasteiger partial charge is 0.163 e. The number of rotatable bonds is 6. The molecule has 0 aromatic heterocycles. The van der Waals surface area contributed by atoms with Crippen LogP contribution in [0.4, 0.5) is 5.69 Å². The molecule has 0 radical (unpaired) electrons. The number of nitrogens with one attached hydrogen (secondary N) is 2. The number of piperidine rings is 1. The van der Waals surface area contributed by atoms with Gasteiger partial charge in [-0.1, -0.05) is 0 Å². The van der Waals surface area contributed by atoms with Gasteiger partial charge >= 0.3 is 0 Å². The van der Waals surface area contributed by atoms with Gasteiger partial charge in [0.25, 0.3) is 0 Å². The zero-order chi connectivity index (χ0) is 15.2. The lowest BCUT2D eigenvalue weighted by Crippen LogP contribution is -2.33. The van der Waals surface area contributed by atoms with Gasteiger partial charge in [0.1, 0.15) is 0 Å². The number of benzene rings is 1. The third-order valence-corrected chi connectivity index (χ3v) is 4.75. The molecule has 1 aromatic rings. The lowest BCUT2D eigenvalue weighted by Gasteiger charge is -2.24. The normalized spacial score (nSPS) is 22.5. The lowest BCUT2D eigenvalue weighted by atomic mass is 10.00. The molecule has 3 rings (SSSR count). The van der Waals surface area contributed by atoms with Crippen LogP contribution >= 0.6 is 0 Å². The van der Waals surface area contributed by atoms with Gasteiger partial charge in [-0.3, -0.25) is 0 Å². The molecule has 0 bridgehead atoms. The average Bonchev–Trinajstić information content (AvgIpc) is 3.07. The van der Waals surface area contributed by atoms with E-state index in [1.807, 2.05) is 6.07 Å². The Morgan fingerprint density at radius 2 is 2.00 bits per heavy atom. The molecule has 1 aliphatic heterocycles. The van der Waals surface area contributed by atoms with Crippen LogP contribution in [0.3, 0.4) is 0 Å². The van der Waals surface area contributed by atoms with Crippen molar-refractivity contribution in [2.45, 2.75) is 44.6 Å². The molecule has 22 heavy (non-hydrogen) atoms. The van der Waals surface area contributed by atoms with Crippen LogP contribution in [-0.2, 0) is 0 Å². The summed E-state index contributed by atoms with van der Waals surface area (Å²) >= 11 is 0. The Morgan fingerprint density at radius 1 is 1.14 bits per heavy atom. The maximum absolute atomic E-state index is 6.15. The van der Waals surface area contributed by atoms with Gasteiger partial charge < -0.3 is 20.1 Å². The highest BCUT2D eigenvalue weighted by atomic mass is 16.5. The van der Waals surface area contributed by atoms with Gasteiger partial charge in [-0.15, -0.1) is 0 Å². The number of hydrogen-bond donors (Lipinski definition) is 2. The highest BCUT2D eigenvalue weighted by Gasteiger charge is 2.19. The van der Waals surface area contributed by atoms with Gasteiger partial charge in [0.2, 0.25) is 0 Å². The third kappa shape index (κ3) is 4.07. The highest BCUT2D eigenvalue weighted by molar-refractivity contribution is 5.54. The quantitative estimate of drug-likeness (QED) is 0.845. The first-order valence-electron chi connectivity index (χ1n) is 8.64. The van der Waals surface area contributed by atoms with Crippen molar-refractivity contribution in [2.24, 2.45) is 5.92 Å². The van der Waals surface area contributed by atoms with Gasteiger partial charge in [0.05, 0.1) is 13.2 Å². The minimum Gasteiger partial charge on any atom is -0.493 e. The second-order valence-electron chi connectivity index (χ2n) is 6.48. The summed E-state index contributed by atoms with van der Waals surface area (Å²) in [6.07, 6.45) is 7.82.